The summed E-state index contributed by atoms with van der Waals surface area (Å²) < 4.78 is 22.5. The zero-order chi connectivity index (χ0) is 28.5. The standard InChI is InChI=1S/C29H40N2O7/c1-19(2)26(28(34)38-29(3,4)5)31(27(33)22-11-8-9-12-23(22)35-6)18-20-14-15-21(17-24(20)36-7)37-16-10-13-25(30)32/h8-9,11-12,14-15,17,19,26H,10,13,16,18H2,1-7H3,(H2,30,32)/t26-/m0/s1. The summed E-state index contributed by atoms with van der Waals surface area (Å²) in [5.74, 6) is -0.0635. The van der Waals surface area contributed by atoms with E-state index in [2.05, 4.69) is 0 Å². The van der Waals surface area contributed by atoms with E-state index in [-0.39, 0.29) is 30.7 Å². The molecule has 0 bridgehead atoms. The van der Waals surface area contributed by atoms with E-state index in [0.29, 0.717) is 41.4 Å². The summed E-state index contributed by atoms with van der Waals surface area (Å²) >= 11 is 0. The Kier molecular flexibility index (Phi) is 11.0. The van der Waals surface area contributed by atoms with Gasteiger partial charge in [0, 0.05) is 18.1 Å². The molecule has 0 fully saturated rings. The van der Waals surface area contributed by atoms with Crippen molar-refractivity contribution in [2.45, 2.75) is 65.6 Å². The van der Waals surface area contributed by atoms with Crippen LogP contribution in [0.1, 0.15) is 63.4 Å². The molecule has 208 valence electrons. The van der Waals surface area contributed by atoms with Crippen molar-refractivity contribution in [2.24, 2.45) is 11.7 Å². The number of carbonyl (C=O) groups is 3. The van der Waals surface area contributed by atoms with E-state index >= 15 is 0 Å². The monoisotopic (exact) mass is 528 g/mol. The average molecular weight is 529 g/mol. The summed E-state index contributed by atoms with van der Waals surface area (Å²) in [6.45, 7) is 9.51. The highest BCUT2D eigenvalue weighted by Crippen LogP contribution is 2.30. The van der Waals surface area contributed by atoms with Gasteiger partial charge in [-0.2, -0.15) is 0 Å². The van der Waals surface area contributed by atoms with Crippen molar-refractivity contribution < 1.29 is 33.3 Å². The number of para-hydroxylation sites is 1. The number of nitrogens with two attached hydrogens (primary N) is 1. The lowest BCUT2D eigenvalue weighted by Gasteiger charge is -2.35. The normalized spacial score (nSPS) is 12.0. The van der Waals surface area contributed by atoms with Crippen LogP contribution < -0.4 is 19.9 Å². The van der Waals surface area contributed by atoms with Crippen LogP contribution in [-0.2, 0) is 20.9 Å². The molecule has 0 aromatic heterocycles. The highest BCUT2D eigenvalue weighted by Gasteiger charge is 2.37. The van der Waals surface area contributed by atoms with Crippen molar-refractivity contribution in [1.29, 1.82) is 0 Å². The highest BCUT2D eigenvalue weighted by molar-refractivity contribution is 5.99. The van der Waals surface area contributed by atoms with Gasteiger partial charge in [0.05, 0.1) is 32.9 Å². The minimum atomic E-state index is -0.874. The number of rotatable bonds is 13. The Bertz CT molecular complexity index is 1110. The van der Waals surface area contributed by atoms with E-state index in [1.165, 1.54) is 19.1 Å². The molecule has 0 unspecified atom stereocenters. The van der Waals surface area contributed by atoms with Gasteiger partial charge in [-0.3, -0.25) is 9.59 Å². The fourth-order valence-corrected chi connectivity index (χ4v) is 3.96. The molecule has 0 aliphatic rings. The first kappa shape index (κ1) is 30.5. The zero-order valence-corrected chi connectivity index (χ0v) is 23.4. The van der Waals surface area contributed by atoms with Gasteiger partial charge in [-0.05, 0) is 57.4 Å². The third kappa shape index (κ3) is 8.68. The minimum absolute atomic E-state index is 0.0735. The van der Waals surface area contributed by atoms with Crippen LogP contribution in [0.2, 0.25) is 0 Å². The second-order valence-corrected chi connectivity index (χ2v) is 10.2. The van der Waals surface area contributed by atoms with Gasteiger partial charge in [-0.15, -0.1) is 0 Å². The number of amides is 2. The summed E-state index contributed by atoms with van der Waals surface area (Å²) in [7, 11) is 3.02. The van der Waals surface area contributed by atoms with Gasteiger partial charge in [0.25, 0.3) is 5.91 Å². The fourth-order valence-electron chi connectivity index (χ4n) is 3.96. The molecule has 0 spiro atoms. The summed E-state index contributed by atoms with van der Waals surface area (Å²) in [5, 5.41) is 0. The molecule has 2 aromatic carbocycles. The number of esters is 1. The number of methoxy groups -OCH3 is 2. The Hall–Kier alpha value is -3.75. The second kappa shape index (κ2) is 13.7. The first-order valence-electron chi connectivity index (χ1n) is 12.6. The van der Waals surface area contributed by atoms with E-state index in [1.54, 1.807) is 63.2 Å². The number of primary amides is 1. The van der Waals surface area contributed by atoms with Crippen molar-refractivity contribution in [3.05, 3.63) is 53.6 Å². The summed E-state index contributed by atoms with van der Waals surface area (Å²) in [4.78, 5) is 39.8. The SMILES string of the molecule is COc1cc(OCCCC(N)=O)ccc1CN(C(=O)c1ccccc1OC)[C@H](C(=O)OC(C)(C)C)C(C)C. The van der Waals surface area contributed by atoms with Crippen LogP contribution in [0, 0.1) is 5.92 Å². The van der Waals surface area contributed by atoms with E-state index < -0.39 is 17.6 Å². The average Bonchev–Trinajstić information content (AvgIpc) is 2.84. The third-order valence-corrected chi connectivity index (χ3v) is 5.65. The number of hydrogen-bond acceptors (Lipinski definition) is 7. The summed E-state index contributed by atoms with van der Waals surface area (Å²) in [6.07, 6.45) is 0.725. The molecule has 0 heterocycles. The molecule has 0 radical (unpaired) electrons. The largest absolute Gasteiger partial charge is 0.496 e. The van der Waals surface area contributed by atoms with Gasteiger partial charge in [0.2, 0.25) is 5.91 Å². The van der Waals surface area contributed by atoms with E-state index in [1.807, 2.05) is 13.8 Å². The Labute approximate surface area is 225 Å². The highest BCUT2D eigenvalue weighted by atomic mass is 16.6. The predicted molar refractivity (Wildman–Crippen MR) is 144 cm³/mol. The lowest BCUT2D eigenvalue weighted by molar-refractivity contribution is -0.162. The van der Waals surface area contributed by atoms with Gasteiger partial charge < -0.3 is 29.6 Å². The van der Waals surface area contributed by atoms with E-state index in [4.69, 9.17) is 24.7 Å². The van der Waals surface area contributed by atoms with Crippen molar-refractivity contribution in [3.8, 4) is 17.2 Å². The molecule has 38 heavy (non-hydrogen) atoms. The number of ether oxygens (including phenoxy) is 4. The van der Waals surface area contributed by atoms with Crippen LogP contribution in [0.5, 0.6) is 17.2 Å². The van der Waals surface area contributed by atoms with Gasteiger partial charge in [0.15, 0.2) is 0 Å². The number of carbonyl (C=O) groups excluding carboxylic acids is 3. The molecule has 2 aromatic rings. The van der Waals surface area contributed by atoms with Gasteiger partial charge in [0.1, 0.15) is 28.9 Å². The maximum absolute atomic E-state index is 14.0. The third-order valence-electron chi connectivity index (χ3n) is 5.65. The molecule has 0 aliphatic heterocycles. The van der Waals surface area contributed by atoms with E-state index in [9.17, 15) is 14.4 Å². The molecule has 0 aliphatic carbocycles. The molecule has 2 rings (SSSR count). The first-order valence-corrected chi connectivity index (χ1v) is 12.6. The maximum atomic E-state index is 14.0. The molecule has 9 heteroatoms. The van der Waals surface area contributed by atoms with Gasteiger partial charge in [-0.25, -0.2) is 4.79 Å². The molecular weight excluding hydrogens is 488 g/mol. The van der Waals surface area contributed by atoms with Crippen molar-refractivity contribution in [2.75, 3.05) is 20.8 Å². The zero-order valence-electron chi connectivity index (χ0n) is 23.4. The Morgan fingerprint density at radius 1 is 0.974 bits per heavy atom. The lowest BCUT2D eigenvalue weighted by Crippen LogP contribution is -2.50. The lowest BCUT2D eigenvalue weighted by atomic mass is 9.99. The molecule has 1 atom stereocenters. The Morgan fingerprint density at radius 2 is 1.63 bits per heavy atom. The van der Waals surface area contributed by atoms with Gasteiger partial charge in [-0.1, -0.05) is 26.0 Å². The smallest absolute Gasteiger partial charge is 0.329 e. The van der Waals surface area contributed by atoms with Crippen LogP contribution in [0.15, 0.2) is 42.5 Å². The molecule has 9 nitrogen and oxygen atoms in total. The van der Waals surface area contributed by atoms with Crippen molar-refractivity contribution in [1.82, 2.24) is 4.90 Å². The minimum Gasteiger partial charge on any atom is -0.496 e. The topological polar surface area (TPSA) is 117 Å². The Balaban J connectivity index is 2.47. The van der Waals surface area contributed by atoms with Crippen LogP contribution in [0.25, 0.3) is 0 Å². The van der Waals surface area contributed by atoms with Crippen LogP contribution in [0.4, 0.5) is 0 Å². The molecule has 2 N–H and O–H groups in total. The molecular formula is C29H40N2O7. The van der Waals surface area contributed by atoms with Crippen LogP contribution in [-0.4, -0.2) is 55.2 Å². The van der Waals surface area contributed by atoms with Crippen molar-refractivity contribution >= 4 is 17.8 Å². The molecule has 0 saturated heterocycles. The molecule has 2 amide bonds. The predicted octanol–water partition coefficient (Wildman–Crippen LogP) is 4.36. The quantitative estimate of drug-likeness (QED) is 0.303. The van der Waals surface area contributed by atoms with Crippen LogP contribution >= 0.6 is 0 Å². The summed E-state index contributed by atoms with van der Waals surface area (Å²) in [5.41, 5.74) is 5.46. The van der Waals surface area contributed by atoms with E-state index in [0.717, 1.165) is 0 Å². The van der Waals surface area contributed by atoms with Gasteiger partial charge >= 0.3 is 5.97 Å². The van der Waals surface area contributed by atoms with Crippen LogP contribution in [0.3, 0.4) is 0 Å². The number of hydrogen-bond donors (Lipinski definition) is 1. The van der Waals surface area contributed by atoms with Crippen molar-refractivity contribution in [3.63, 3.8) is 0 Å². The molecule has 0 saturated carbocycles. The number of benzene rings is 2. The Morgan fingerprint density at radius 3 is 2.21 bits per heavy atom. The summed E-state index contributed by atoms with van der Waals surface area (Å²) in [6, 6.07) is 11.3. The first-order chi connectivity index (χ1) is 17.9. The maximum Gasteiger partial charge on any atom is 0.329 e. The fraction of sp³-hybridized carbons (Fsp3) is 0.483. The number of nitrogens with zero attached hydrogens (tertiary/aromatic N) is 1. The second-order valence-electron chi connectivity index (χ2n) is 10.2.